The summed E-state index contributed by atoms with van der Waals surface area (Å²) in [5.74, 6) is 2.28. The van der Waals surface area contributed by atoms with Gasteiger partial charge in [0.25, 0.3) is 0 Å². The number of esters is 1. The maximum atomic E-state index is 12.3. The molecular weight excluding hydrogens is 400 g/mol. The molecule has 0 N–H and O–H groups in total. The smallest absolute Gasteiger partial charge is 0.316 e. The number of thioether (sulfide) groups is 1. The van der Waals surface area contributed by atoms with E-state index >= 15 is 0 Å². The van der Waals surface area contributed by atoms with Gasteiger partial charge < -0.3 is 4.74 Å². The van der Waals surface area contributed by atoms with Crippen LogP contribution >= 0.6 is 23.1 Å². The Morgan fingerprint density at radius 1 is 1.21 bits per heavy atom. The molecule has 0 amide bonds. The molecule has 150 valence electrons. The molecule has 2 aliphatic rings. The summed E-state index contributed by atoms with van der Waals surface area (Å²) in [6, 6.07) is 9.80. The van der Waals surface area contributed by atoms with Crippen LogP contribution in [0.25, 0.3) is 10.2 Å². The predicted octanol–water partition coefficient (Wildman–Crippen LogP) is 5.53. The molecule has 0 saturated heterocycles. The van der Waals surface area contributed by atoms with Crippen LogP contribution in [-0.2, 0) is 29.0 Å². The molecule has 0 bridgehead atoms. The van der Waals surface area contributed by atoms with E-state index < -0.39 is 0 Å². The van der Waals surface area contributed by atoms with Crippen LogP contribution in [0, 0.1) is 5.92 Å². The molecule has 0 unspecified atom stereocenters. The zero-order valence-corrected chi connectivity index (χ0v) is 18.2. The maximum absolute atomic E-state index is 12.3. The number of aryl methyl sites for hydroxylation is 1. The highest BCUT2D eigenvalue weighted by Crippen LogP contribution is 2.44. The number of carbonyl (C=O) groups is 1. The van der Waals surface area contributed by atoms with Gasteiger partial charge in [-0.25, -0.2) is 9.97 Å². The van der Waals surface area contributed by atoms with E-state index in [1.807, 2.05) is 41.7 Å². The summed E-state index contributed by atoms with van der Waals surface area (Å²) in [7, 11) is 0. The fourth-order valence-electron chi connectivity index (χ4n) is 3.86. The summed E-state index contributed by atoms with van der Waals surface area (Å²) in [6.45, 7) is 2.64. The first kappa shape index (κ1) is 19.1. The van der Waals surface area contributed by atoms with Crippen LogP contribution in [0.1, 0.15) is 53.9 Å². The predicted molar refractivity (Wildman–Crippen MR) is 118 cm³/mol. The molecule has 29 heavy (non-hydrogen) atoms. The van der Waals surface area contributed by atoms with Gasteiger partial charge in [-0.2, -0.15) is 0 Å². The van der Waals surface area contributed by atoms with Crippen molar-refractivity contribution >= 4 is 39.3 Å². The van der Waals surface area contributed by atoms with Crippen LogP contribution in [0.15, 0.2) is 35.4 Å². The monoisotopic (exact) mass is 424 g/mol. The molecule has 0 spiro atoms. The number of fused-ring (bicyclic) bond motifs is 3. The first-order chi connectivity index (χ1) is 14.2. The van der Waals surface area contributed by atoms with Gasteiger partial charge in [-0.15, -0.1) is 11.3 Å². The molecule has 1 fully saturated rings. The van der Waals surface area contributed by atoms with E-state index in [9.17, 15) is 4.79 Å². The number of hydrogen-bond donors (Lipinski definition) is 0. The summed E-state index contributed by atoms with van der Waals surface area (Å²) in [6.07, 6.45) is 5.80. The lowest BCUT2D eigenvalue weighted by atomic mass is 9.89. The number of benzene rings is 1. The van der Waals surface area contributed by atoms with E-state index in [0.29, 0.717) is 12.5 Å². The number of nitrogens with zero attached hydrogens (tertiary/aromatic N) is 2. The number of carbonyl (C=O) groups excluding carboxylic acids is 1. The Balaban J connectivity index is 1.36. The van der Waals surface area contributed by atoms with Crippen molar-refractivity contribution in [3.05, 3.63) is 52.2 Å². The van der Waals surface area contributed by atoms with Gasteiger partial charge in [0.05, 0.1) is 5.75 Å². The number of rotatable bonds is 6. The minimum Gasteiger partial charge on any atom is -0.460 e. The van der Waals surface area contributed by atoms with E-state index in [-0.39, 0.29) is 11.7 Å². The van der Waals surface area contributed by atoms with Gasteiger partial charge in [-0.05, 0) is 49.1 Å². The van der Waals surface area contributed by atoms with E-state index in [4.69, 9.17) is 14.7 Å². The summed E-state index contributed by atoms with van der Waals surface area (Å²) >= 11 is 3.35. The first-order valence-corrected chi connectivity index (χ1v) is 12.1. The Labute approximate surface area is 179 Å². The highest BCUT2D eigenvalue weighted by atomic mass is 32.2. The summed E-state index contributed by atoms with van der Waals surface area (Å²) in [4.78, 5) is 24.7. The van der Waals surface area contributed by atoms with Crippen LogP contribution in [0.2, 0.25) is 0 Å². The molecule has 3 aromatic rings. The average molecular weight is 425 g/mol. The molecule has 1 aromatic carbocycles. The molecule has 4 nitrogen and oxygen atoms in total. The number of thiophene rings is 1. The Bertz CT molecular complexity index is 1040. The SMILES string of the molecule is C[C@H]1CCc2c(sc3nc(C4CC4)nc(SCC(=O)OCc4ccccc4)c23)C1. The molecule has 1 atom stereocenters. The van der Waals surface area contributed by atoms with E-state index in [1.165, 1.54) is 46.9 Å². The van der Waals surface area contributed by atoms with Crippen molar-refractivity contribution in [2.45, 2.75) is 56.6 Å². The van der Waals surface area contributed by atoms with Crippen molar-refractivity contribution in [2.75, 3.05) is 5.75 Å². The lowest BCUT2D eigenvalue weighted by Crippen LogP contribution is -2.10. The van der Waals surface area contributed by atoms with Crippen LogP contribution < -0.4 is 0 Å². The van der Waals surface area contributed by atoms with Crippen LogP contribution in [0.3, 0.4) is 0 Å². The Kier molecular flexibility index (Phi) is 5.31. The Morgan fingerprint density at radius 3 is 2.83 bits per heavy atom. The fourth-order valence-corrected chi connectivity index (χ4v) is 6.17. The standard InChI is InChI=1S/C23H24N2O2S2/c1-14-7-10-17-18(11-14)29-23-20(17)22(24-21(25-23)16-8-9-16)28-13-19(26)27-12-15-5-3-2-4-6-15/h2-6,14,16H,7-13H2,1H3/t14-/m0/s1. The van der Waals surface area contributed by atoms with E-state index in [2.05, 4.69) is 6.92 Å². The topological polar surface area (TPSA) is 52.1 Å². The number of aromatic nitrogens is 2. The third kappa shape index (κ3) is 4.19. The molecule has 2 aliphatic carbocycles. The third-order valence-electron chi connectivity index (χ3n) is 5.65. The Morgan fingerprint density at radius 2 is 2.03 bits per heavy atom. The second kappa shape index (κ2) is 8.07. The minimum absolute atomic E-state index is 0.198. The van der Waals surface area contributed by atoms with Crippen LogP contribution in [0.5, 0.6) is 0 Å². The van der Waals surface area contributed by atoms with Gasteiger partial charge in [0, 0.05) is 16.2 Å². The highest BCUT2D eigenvalue weighted by molar-refractivity contribution is 8.00. The van der Waals surface area contributed by atoms with Crippen molar-refractivity contribution in [1.29, 1.82) is 0 Å². The van der Waals surface area contributed by atoms with Gasteiger partial charge in [-0.3, -0.25) is 4.79 Å². The lowest BCUT2D eigenvalue weighted by Gasteiger charge is -2.18. The molecule has 6 heteroatoms. The first-order valence-electron chi connectivity index (χ1n) is 10.3. The molecule has 1 saturated carbocycles. The van der Waals surface area contributed by atoms with Crippen molar-refractivity contribution in [1.82, 2.24) is 9.97 Å². The van der Waals surface area contributed by atoms with Gasteiger partial charge in [0.1, 0.15) is 22.3 Å². The molecule has 2 heterocycles. The molecule has 2 aromatic heterocycles. The lowest BCUT2D eigenvalue weighted by molar-refractivity contribution is -0.141. The molecule has 0 aliphatic heterocycles. The normalized spacial score (nSPS) is 18.6. The molecule has 0 radical (unpaired) electrons. The average Bonchev–Trinajstić information content (AvgIpc) is 3.52. The summed E-state index contributed by atoms with van der Waals surface area (Å²) in [5.41, 5.74) is 2.43. The van der Waals surface area contributed by atoms with Crippen LogP contribution in [0.4, 0.5) is 0 Å². The molecule has 5 rings (SSSR count). The highest BCUT2D eigenvalue weighted by Gasteiger charge is 2.30. The van der Waals surface area contributed by atoms with Crippen molar-refractivity contribution in [2.24, 2.45) is 5.92 Å². The third-order valence-corrected chi connectivity index (χ3v) is 7.75. The quantitative estimate of drug-likeness (QED) is 0.296. The van der Waals surface area contributed by atoms with E-state index in [1.54, 1.807) is 0 Å². The van der Waals surface area contributed by atoms with Crippen molar-refractivity contribution in [3.63, 3.8) is 0 Å². The summed E-state index contributed by atoms with van der Waals surface area (Å²) in [5, 5.41) is 2.17. The zero-order valence-electron chi connectivity index (χ0n) is 16.5. The number of hydrogen-bond acceptors (Lipinski definition) is 6. The van der Waals surface area contributed by atoms with Gasteiger partial charge >= 0.3 is 5.97 Å². The maximum Gasteiger partial charge on any atom is 0.316 e. The van der Waals surface area contributed by atoms with Gasteiger partial charge in [-0.1, -0.05) is 49.0 Å². The largest absolute Gasteiger partial charge is 0.460 e. The van der Waals surface area contributed by atoms with Crippen molar-refractivity contribution in [3.8, 4) is 0 Å². The van der Waals surface area contributed by atoms with Gasteiger partial charge in [0.2, 0.25) is 0 Å². The zero-order chi connectivity index (χ0) is 19.8. The van der Waals surface area contributed by atoms with E-state index in [0.717, 1.165) is 40.0 Å². The summed E-state index contributed by atoms with van der Waals surface area (Å²) < 4.78 is 5.46. The van der Waals surface area contributed by atoms with Crippen molar-refractivity contribution < 1.29 is 9.53 Å². The second-order valence-corrected chi connectivity index (χ2v) is 10.2. The van der Waals surface area contributed by atoms with Crippen LogP contribution in [-0.4, -0.2) is 21.7 Å². The number of ether oxygens (including phenoxy) is 1. The second-order valence-electron chi connectivity index (χ2n) is 8.13. The fraction of sp³-hybridized carbons (Fsp3) is 0.435. The Hall–Kier alpha value is -1.92. The minimum atomic E-state index is -0.198. The molecular formula is C23H24N2O2S2. The van der Waals surface area contributed by atoms with Gasteiger partial charge in [0.15, 0.2) is 0 Å².